The van der Waals surface area contributed by atoms with Gasteiger partial charge in [0, 0.05) is 19.3 Å². The average Bonchev–Trinajstić information content (AvgIpc) is 3.30. The smallest absolute Gasteiger partial charge is 0.232 e. The summed E-state index contributed by atoms with van der Waals surface area (Å²) in [6.45, 7) is 2.29. The minimum Gasteiger partial charge on any atom is -0.469 e. The normalized spacial score (nSPS) is 10.6. The van der Waals surface area contributed by atoms with Crippen molar-refractivity contribution in [2.24, 2.45) is 0 Å². The van der Waals surface area contributed by atoms with Gasteiger partial charge in [0.15, 0.2) is 11.0 Å². The lowest BCUT2D eigenvalue weighted by Crippen LogP contribution is -2.29. The van der Waals surface area contributed by atoms with Gasteiger partial charge in [-0.25, -0.2) is 0 Å². The Bertz CT molecular complexity index is 958. The van der Waals surface area contributed by atoms with Crippen molar-refractivity contribution >= 4 is 17.7 Å². The Labute approximate surface area is 161 Å². The van der Waals surface area contributed by atoms with Crippen LogP contribution in [0.1, 0.15) is 12.2 Å². The van der Waals surface area contributed by atoms with Crippen LogP contribution < -0.4 is 0 Å². The molecule has 7 nitrogen and oxygen atoms in total. The highest BCUT2D eigenvalue weighted by Gasteiger charge is 2.20. The van der Waals surface area contributed by atoms with Crippen LogP contribution in [0.2, 0.25) is 0 Å². The number of aromatic nitrogens is 3. The third-order valence-electron chi connectivity index (χ3n) is 4.06. The molecule has 8 heteroatoms. The number of para-hydroxylation sites is 1. The molecule has 138 valence electrons. The predicted molar refractivity (Wildman–Crippen MR) is 102 cm³/mol. The van der Waals surface area contributed by atoms with Gasteiger partial charge >= 0.3 is 0 Å². The van der Waals surface area contributed by atoms with E-state index in [4.69, 9.17) is 9.68 Å². The molecule has 0 saturated heterocycles. The fraction of sp³-hybridized carbons (Fsp3) is 0.263. The summed E-state index contributed by atoms with van der Waals surface area (Å²) in [4.78, 5) is 13.8. The van der Waals surface area contributed by atoms with Gasteiger partial charge in [-0.1, -0.05) is 30.0 Å². The number of aryl methyl sites for hydroxylation is 1. The number of carbonyl (C=O) groups excluding carboxylic acids is 1. The van der Waals surface area contributed by atoms with Gasteiger partial charge in [0.05, 0.1) is 30.1 Å². The van der Waals surface area contributed by atoms with Gasteiger partial charge in [-0.15, -0.1) is 10.2 Å². The van der Waals surface area contributed by atoms with E-state index in [2.05, 4.69) is 10.2 Å². The summed E-state index contributed by atoms with van der Waals surface area (Å²) in [5, 5.41) is 17.9. The van der Waals surface area contributed by atoms with E-state index >= 15 is 0 Å². The lowest BCUT2D eigenvalue weighted by molar-refractivity contribution is -0.127. The van der Waals surface area contributed by atoms with Crippen molar-refractivity contribution in [2.75, 3.05) is 19.3 Å². The van der Waals surface area contributed by atoms with Crippen LogP contribution >= 0.6 is 11.8 Å². The molecule has 0 aliphatic heterocycles. The molecule has 0 radical (unpaired) electrons. The Morgan fingerprint density at radius 2 is 2.07 bits per heavy atom. The maximum atomic E-state index is 12.3. The van der Waals surface area contributed by atoms with E-state index in [-0.39, 0.29) is 11.7 Å². The first kappa shape index (κ1) is 18.7. The molecule has 0 bridgehead atoms. The van der Waals surface area contributed by atoms with Gasteiger partial charge in [-0.05, 0) is 25.1 Å². The minimum absolute atomic E-state index is 0.0566. The second-order valence-electron chi connectivity index (χ2n) is 5.88. The van der Waals surface area contributed by atoms with Gasteiger partial charge in [-0.3, -0.25) is 9.36 Å². The van der Waals surface area contributed by atoms with E-state index in [1.807, 2.05) is 54.0 Å². The van der Waals surface area contributed by atoms with Gasteiger partial charge in [0.1, 0.15) is 5.76 Å². The van der Waals surface area contributed by atoms with Gasteiger partial charge < -0.3 is 9.32 Å². The topological polar surface area (TPSA) is 88.0 Å². The zero-order valence-corrected chi connectivity index (χ0v) is 15.9. The second-order valence-corrected chi connectivity index (χ2v) is 6.82. The highest BCUT2D eigenvalue weighted by molar-refractivity contribution is 7.99. The number of benzene rings is 1. The number of nitriles is 1. The standard InChI is InChI=1S/C19H19N5O2S/c1-14-16(9-12-26-14)18-21-22-19(24(18)15-7-4-3-5-8-15)27-13-17(25)23(2)11-6-10-20/h3-5,7-9,12H,6,11,13H2,1-2H3. The number of amides is 1. The molecule has 0 unspecified atom stereocenters. The molecule has 0 fully saturated rings. The molecule has 0 atom stereocenters. The predicted octanol–water partition coefficient (Wildman–Crippen LogP) is 3.30. The lowest BCUT2D eigenvalue weighted by atomic mass is 10.2. The maximum absolute atomic E-state index is 12.3. The Morgan fingerprint density at radius 3 is 2.74 bits per heavy atom. The number of hydrogen-bond donors (Lipinski definition) is 0. The van der Waals surface area contributed by atoms with Crippen LogP contribution in [0.5, 0.6) is 0 Å². The lowest BCUT2D eigenvalue weighted by Gasteiger charge is -2.15. The Balaban J connectivity index is 1.88. The summed E-state index contributed by atoms with van der Waals surface area (Å²) >= 11 is 1.32. The first-order chi connectivity index (χ1) is 13.1. The van der Waals surface area contributed by atoms with Crippen molar-refractivity contribution in [1.29, 1.82) is 5.26 Å². The number of furan rings is 1. The molecular formula is C19H19N5O2S. The summed E-state index contributed by atoms with van der Waals surface area (Å²) in [6, 6.07) is 13.7. The summed E-state index contributed by atoms with van der Waals surface area (Å²) < 4.78 is 7.33. The molecule has 0 N–H and O–H groups in total. The van der Waals surface area contributed by atoms with Gasteiger partial charge in [0.25, 0.3) is 0 Å². The maximum Gasteiger partial charge on any atom is 0.232 e. The highest BCUT2D eigenvalue weighted by atomic mass is 32.2. The third kappa shape index (κ3) is 4.20. The second kappa shape index (κ2) is 8.56. The quantitative estimate of drug-likeness (QED) is 0.584. The van der Waals surface area contributed by atoms with E-state index in [9.17, 15) is 4.79 Å². The van der Waals surface area contributed by atoms with E-state index in [1.165, 1.54) is 11.8 Å². The van der Waals surface area contributed by atoms with Crippen molar-refractivity contribution in [2.45, 2.75) is 18.5 Å². The number of rotatable bonds is 7. The molecule has 2 aromatic heterocycles. The first-order valence-electron chi connectivity index (χ1n) is 8.41. The zero-order chi connectivity index (χ0) is 19.2. The third-order valence-corrected chi connectivity index (χ3v) is 4.97. The van der Waals surface area contributed by atoms with Crippen LogP contribution in [0, 0.1) is 18.3 Å². The molecule has 3 aromatic rings. The molecule has 0 aliphatic carbocycles. The molecular weight excluding hydrogens is 362 g/mol. The van der Waals surface area contributed by atoms with Crippen LogP contribution in [0.4, 0.5) is 0 Å². The van der Waals surface area contributed by atoms with Crippen LogP contribution in [0.3, 0.4) is 0 Å². The fourth-order valence-electron chi connectivity index (χ4n) is 2.54. The van der Waals surface area contributed by atoms with Crippen molar-refractivity contribution in [3.63, 3.8) is 0 Å². The van der Waals surface area contributed by atoms with Crippen molar-refractivity contribution in [3.05, 3.63) is 48.4 Å². The molecule has 1 aromatic carbocycles. The van der Waals surface area contributed by atoms with Crippen molar-refractivity contribution in [3.8, 4) is 23.1 Å². The van der Waals surface area contributed by atoms with Crippen LogP contribution in [-0.4, -0.2) is 44.9 Å². The molecule has 0 saturated carbocycles. The van der Waals surface area contributed by atoms with Crippen molar-refractivity contribution in [1.82, 2.24) is 19.7 Å². The van der Waals surface area contributed by atoms with E-state index in [0.29, 0.717) is 23.9 Å². The first-order valence-corrected chi connectivity index (χ1v) is 9.39. The largest absolute Gasteiger partial charge is 0.469 e. The van der Waals surface area contributed by atoms with Crippen LogP contribution in [0.15, 0.2) is 52.2 Å². The zero-order valence-electron chi connectivity index (χ0n) is 15.1. The van der Waals surface area contributed by atoms with Gasteiger partial charge in [0.2, 0.25) is 5.91 Å². The molecule has 0 aliphatic rings. The SMILES string of the molecule is Cc1occc1-c1nnc(SCC(=O)N(C)CCC#N)n1-c1ccccc1. The Kier molecular flexibility index (Phi) is 5.94. The van der Waals surface area contributed by atoms with Crippen molar-refractivity contribution < 1.29 is 9.21 Å². The number of carbonyl (C=O) groups is 1. The van der Waals surface area contributed by atoms with Gasteiger partial charge in [-0.2, -0.15) is 5.26 Å². The van der Waals surface area contributed by atoms with E-state index in [1.54, 1.807) is 18.2 Å². The number of thioether (sulfide) groups is 1. The Hall–Kier alpha value is -3.05. The molecule has 27 heavy (non-hydrogen) atoms. The Morgan fingerprint density at radius 1 is 1.30 bits per heavy atom. The van der Waals surface area contributed by atoms with E-state index < -0.39 is 0 Å². The van der Waals surface area contributed by atoms with E-state index in [0.717, 1.165) is 17.0 Å². The van der Waals surface area contributed by atoms with Crippen LogP contribution in [-0.2, 0) is 4.79 Å². The van der Waals surface area contributed by atoms with Crippen LogP contribution in [0.25, 0.3) is 17.1 Å². The summed E-state index contributed by atoms with van der Waals surface area (Å²) in [5.41, 5.74) is 1.77. The number of hydrogen-bond acceptors (Lipinski definition) is 6. The molecule has 3 rings (SSSR count). The summed E-state index contributed by atoms with van der Waals surface area (Å²) in [7, 11) is 1.70. The molecule has 0 spiro atoms. The summed E-state index contributed by atoms with van der Waals surface area (Å²) in [5.74, 6) is 1.58. The fourth-order valence-corrected chi connectivity index (χ4v) is 3.44. The molecule has 2 heterocycles. The molecule has 1 amide bonds. The minimum atomic E-state index is -0.0566. The number of nitrogens with zero attached hydrogens (tertiary/aromatic N) is 5. The highest BCUT2D eigenvalue weighted by Crippen LogP contribution is 2.30. The summed E-state index contributed by atoms with van der Waals surface area (Å²) in [6.07, 6.45) is 1.94. The monoisotopic (exact) mass is 381 g/mol. The average molecular weight is 381 g/mol.